The molecule has 0 saturated heterocycles. The number of fused-ring (bicyclic) bond motifs is 1. The Hall–Kier alpha value is -4.94. The third-order valence-electron chi connectivity index (χ3n) is 6.98. The summed E-state index contributed by atoms with van der Waals surface area (Å²) in [5.74, 6) is -1.30. The summed E-state index contributed by atoms with van der Waals surface area (Å²) in [7, 11) is 0. The molecule has 1 N–H and O–H groups in total. The molecule has 1 unspecified atom stereocenters. The minimum atomic E-state index is -0.879. The van der Waals surface area contributed by atoms with Crippen molar-refractivity contribution in [1.82, 2.24) is 19.9 Å². The highest BCUT2D eigenvalue weighted by Crippen LogP contribution is 2.44. The topological polar surface area (TPSA) is 119 Å². The number of rotatable bonds is 8. The van der Waals surface area contributed by atoms with Crippen molar-refractivity contribution < 1.29 is 19.1 Å². The standard InChI is InChI=1S/C32H28ClN5O4/c1-4-41-32(40)29-28(23-8-5-6-9-24(23)33)27(31(39)42-17-7-15-34)19(2)36-30(29)21-10-12-22(13-11-21)38-20(3)37-25-18-35-16-14-26(25)38/h5-6,8-14,16,18,28,36H,4,7,17H2,1-3H3. The van der Waals surface area contributed by atoms with E-state index in [1.54, 1.807) is 50.5 Å². The van der Waals surface area contributed by atoms with E-state index in [1.807, 2.05) is 47.9 Å². The van der Waals surface area contributed by atoms with Gasteiger partial charge in [0.15, 0.2) is 0 Å². The average molecular weight is 582 g/mol. The number of esters is 2. The second-order valence-corrected chi connectivity index (χ2v) is 9.98. The summed E-state index contributed by atoms with van der Waals surface area (Å²) >= 11 is 6.66. The molecule has 0 bridgehead atoms. The Balaban J connectivity index is 1.66. The Morgan fingerprint density at radius 2 is 1.79 bits per heavy atom. The molecule has 2 aromatic carbocycles. The normalized spacial score (nSPS) is 14.9. The van der Waals surface area contributed by atoms with E-state index in [0.29, 0.717) is 27.5 Å². The lowest BCUT2D eigenvalue weighted by Gasteiger charge is -2.32. The van der Waals surface area contributed by atoms with Crippen LogP contribution in [-0.4, -0.2) is 39.7 Å². The number of ether oxygens (including phenoxy) is 2. The van der Waals surface area contributed by atoms with Crippen molar-refractivity contribution in [3.63, 3.8) is 0 Å². The van der Waals surface area contributed by atoms with Gasteiger partial charge in [0.05, 0.1) is 53.6 Å². The lowest BCUT2D eigenvalue weighted by molar-refractivity contribution is -0.139. The molecule has 0 fully saturated rings. The van der Waals surface area contributed by atoms with Gasteiger partial charge in [0.1, 0.15) is 17.9 Å². The van der Waals surface area contributed by atoms with Gasteiger partial charge in [0, 0.05) is 22.6 Å². The maximum Gasteiger partial charge on any atom is 0.337 e. The van der Waals surface area contributed by atoms with Gasteiger partial charge >= 0.3 is 11.9 Å². The van der Waals surface area contributed by atoms with Crippen LogP contribution in [0.3, 0.4) is 0 Å². The summed E-state index contributed by atoms with van der Waals surface area (Å²) in [6.07, 6.45) is 3.49. The Morgan fingerprint density at radius 3 is 2.50 bits per heavy atom. The number of nitrogens with one attached hydrogen (secondary N) is 1. The molecule has 5 rings (SSSR count). The van der Waals surface area contributed by atoms with Crippen LogP contribution < -0.4 is 5.32 Å². The molecule has 1 atom stereocenters. The zero-order chi connectivity index (χ0) is 29.8. The van der Waals surface area contributed by atoms with E-state index in [9.17, 15) is 9.59 Å². The van der Waals surface area contributed by atoms with Crippen LogP contribution in [0, 0.1) is 18.3 Å². The number of dihydropyridines is 1. The van der Waals surface area contributed by atoms with Gasteiger partial charge in [-0.25, -0.2) is 14.6 Å². The largest absolute Gasteiger partial charge is 0.463 e. The molecule has 212 valence electrons. The number of hydrogen-bond acceptors (Lipinski definition) is 8. The molecule has 2 aromatic heterocycles. The maximum atomic E-state index is 13.7. The number of imidazole rings is 1. The molecular formula is C32H28ClN5O4. The molecule has 0 saturated carbocycles. The Morgan fingerprint density at radius 1 is 1.05 bits per heavy atom. The number of hydrogen-bond donors (Lipinski definition) is 1. The first-order valence-corrected chi connectivity index (χ1v) is 13.8. The fraction of sp³-hybridized carbons (Fsp3) is 0.219. The first-order chi connectivity index (χ1) is 20.3. The van der Waals surface area contributed by atoms with Crippen molar-refractivity contribution in [2.75, 3.05) is 13.2 Å². The van der Waals surface area contributed by atoms with Crippen LogP contribution in [0.2, 0.25) is 5.02 Å². The third-order valence-corrected chi connectivity index (χ3v) is 7.32. The van der Waals surface area contributed by atoms with E-state index in [2.05, 4.69) is 15.3 Å². The minimum absolute atomic E-state index is 0.0443. The van der Waals surface area contributed by atoms with Crippen LogP contribution in [0.1, 0.15) is 43.1 Å². The van der Waals surface area contributed by atoms with Crippen LogP contribution in [0.5, 0.6) is 0 Å². The summed E-state index contributed by atoms with van der Waals surface area (Å²) in [4.78, 5) is 35.8. The van der Waals surface area contributed by atoms with Crippen LogP contribution >= 0.6 is 11.6 Å². The summed E-state index contributed by atoms with van der Waals surface area (Å²) in [6.45, 7) is 5.45. The Bertz CT molecular complexity index is 1780. The molecule has 0 radical (unpaired) electrons. The van der Waals surface area contributed by atoms with E-state index in [-0.39, 0.29) is 30.8 Å². The minimum Gasteiger partial charge on any atom is -0.463 e. The highest BCUT2D eigenvalue weighted by molar-refractivity contribution is 6.31. The second kappa shape index (κ2) is 12.3. The number of nitriles is 1. The average Bonchev–Trinajstić information content (AvgIpc) is 3.32. The quantitative estimate of drug-likeness (QED) is 0.206. The van der Waals surface area contributed by atoms with E-state index in [0.717, 1.165) is 22.5 Å². The van der Waals surface area contributed by atoms with Gasteiger partial charge in [0.2, 0.25) is 0 Å². The van der Waals surface area contributed by atoms with Gasteiger partial charge in [-0.1, -0.05) is 41.9 Å². The molecule has 0 spiro atoms. The molecule has 9 nitrogen and oxygen atoms in total. The molecule has 42 heavy (non-hydrogen) atoms. The number of carbonyl (C=O) groups is 2. The van der Waals surface area contributed by atoms with E-state index >= 15 is 0 Å². The first kappa shape index (κ1) is 28.6. The zero-order valence-corrected chi connectivity index (χ0v) is 24.1. The highest BCUT2D eigenvalue weighted by Gasteiger charge is 2.40. The Labute approximate surface area is 248 Å². The van der Waals surface area contributed by atoms with Crippen LogP contribution in [0.15, 0.2) is 83.8 Å². The van der Waals surface area contributed by atoms with Crippen molar-refractivity contribution >= 4 is 40.3 Å². The molecule has 1 aliphatic rings. The zero-order valence-electron chi connectivity index (χ0n) is 23.3. The Kier molecular flexibility index (Phi) is 8.36. The van der Waals surface area contributed by atoms with Crippen LogP contribution in [-0.2, 0) is 19.1 Å². The lowest BCUT2D eigenvalue weighted by atomic mass is 9.79. The number of halogens is 1. The van der Waals surface area contributed by atoms with Crippen molar-refractivity contribution in [2.24, 2.45) is 0 Å². The summed E-state index contributed by atoms with van der Waals surface area (Å²) in [5, 5.41) is 12.6. The van der Waals surface area contributed by atoms with Crippen molar-refractivity contribution in [3.8, 4) is 11.8 Å². The number of pyridine rings is 1. The number of aromatic nitrogens is 3. The molecule has 0 aliphatic carbocycles. The third kappa shape index (κ3) is 5.37. The molecular weight excluding hydrogens is 554 g/mol. The second-order valence-electron chi connectivity index (χ2n) is 9.58. The number of carbonyl (C=O) groups excluding carboxylic acids is 2. The molecule has 3 heterocycles. The van der Waals surface area contributed by atoms with Gasteiger partial charge in [-0.2, -0.15) is 5.26 Å². The van der Waals surface area contributed by atoms with E-state index < -0.39 is 17.9 Å². The van der Waals surface area contributed by atoms with Gasteiger partial charge in [-0.3, -0.25) is 9.55 Å². The van der Waals surface area contributed by atoms with Gasteiger partial charge in [-0.15, -0.1) is 0 Å². The smallest absolute Gasteiger partial charge is 0.337 e. The van der Waals surface area contributed by atoms with Crippen molar-refractivity contribution in [2.45, 2.75) is 33.1 Å². The molecule has 1 aliphatic heterocycles. The number of benzene rings is 2. The molecule has 0 amide bonds. The number of nitrogens with zero attached hydrogens (tertiary/aromatic N) is 4. The van der Waals surface area contributed by atoms with Crippen molar-refractivity contribution in [1.29, 1.82) is 5.26 Å². The number of allylic oxidation sites excluding steroid dienone is 1. The predicted molar refractivity (Wildman–Crippen MR) is 158 cm³/mol. The summed E-state index contributed by atoms with van der Waals surface area (Å²) in [5.41, 5.74) is 5.30. The van der Waals surface area contributed by atoms with E-state index in [4.69, 9.17) is 26.3 Å². The summed E-state index contributed by atoms with van der Waals surface area (Å²) < 4.78 is 13.0. The lowest BCUT2D eigenvalue weighted by Crippen LogP contribution is -2.33. The fourth-order valence-corrected chi connectivity index (χ4v) is 5.44. The molecule has 10 heteroatoms. The predicted octanol–water partition coefficient (Wildman–Crippen LogP) is 5.77. The van der Waals surface area contributed by atoms with Gasteiger partial charge < -0.3 is 14.8 Å². The molecule has 4 aromatic rings. The maximum absolute atomic E-state index is 13.7. The first-order valence-electron chi connectivity index (χ1n) is 13.4. The van der Waals surface area contributed by atoms with Gasteiger partial charge in [-0.05, 0) is 56.2 Å². The van der Waals surface area contributed by atoms with Crippen molar-refractivity contribution in [3.05, 3.63) is 106 Å². The van der Waals surface area contributed by atoms with Crippen LogP contribution in [0.4, 0.5) is 0 Å². The van der Waals surface area contributed by atoms with Crippen LogP contribution in [0.25, 0.3) is 22.4 Å². The monoisotopic (exact) mass is 581 g/mol. The number of aryl methyl sites for hydroxylation is 1. The fourth-order valence-electron chi connectivity index (χ4n) is 5.20. The van der Waals surface area contributed by atoms with Gasteiger partial charge in [0.25, 0.3) is 0 Å². The van der Waals surface area contributed by atoms with E-state index in [1.165, 1.54) is 0 Å². The highest BCUT2D eigenvalue weighted by atomic mass is 35.5. The SMILES string of the molecule is CCOC(=O)C1=C(c2ccc(-n3c(C)nc4cnccc43)cc2)NC(C)=C(C(=O)OCCC#N)C1c1ccccc1Cl. The summed E-state index contributed by atoms with van der Waals surface area (Å²) in [6, 6.07) is 18.6.